The molecular weight excluding hydrogens is 456 g/mol. The molecule has 0 aliphatic rings. The summed E-state index contributed by atoms with van der Waals surface area (Å²) in [5.74, 6) is 0.563. The van der Waals surface area contributed by atoms with E-state index in [0.717, 1.165) is 23.3 Å². The van der Waals surface area contributed by atoms with E-state index < -0.39 is 5.97 Å². The molecule has 6 heteroatoms. The summed E-state index contributed by atoms with van der Waals surface area (Å²) in [6.07, 6.45) is 2.64. The Hall–Kier alpha value is -3.90. The minimum absolute atomic E-state index is 0.312. The Morgan fingerprint density at radius 3 is 1.97 bits per heavy atom. The topological polar surface area (TPSA) is 71.1 Å². The maximum absolute atomic E-state index is 12.6. The van der Waals surface area contributed by atoms with Crippen molar-refractivity contribution in [3.63, 3.8) is 0 Å². The van der Waals surface area contributed by atoms with Gasteiger partial charge >= 0.3 is 11.9 Å². The van der Waals surface area contributed by atoms with Gasteiger partial charge in [0, 0.05) is 0 Å². The molecule has 0 unspecified atom stereocenters. The van der Waals surface area contributed by atoms with Crippen LogP contribution in [0.2, 0.25) is 0 Å². The SMILES string of the molecule is C=CCOCCOc1ccc(-c2ccc(C(=O)Oc3ccc(C(=O)OC[C@@H](C)CC)cc3)cc2)cc1. The van der Waals surface area contributed by atoms with E-state index in [0.29, 0.717) is 49.2 Å². The summed E-state index contributed by atoms with van der Waals surface area (Å²) in [5.41, 5.74) is 2.81. The van der Waals surface area contributed by atoms with Crippen LogP contribution in [0.3, 0.4) is 0 Å². The molecule has 3 aromatic carbocycles. The fraction of sp³-hybridized carbons (Fsp3) is 0.267. The number of esters is 2. The van der Waals surface area contributed by atoms with Crippen LogP contribution in [0.25, 0.3) is 11.1 Å². The Kier molecular flexibility index (Phi) is 10.3. The molecule has 3 rings (SSSR count). The zero-order chi connectivity index (χ0) is 25.8. The van der Waals surface area contributed by atoms with Gasteiger partial charge in [0.2, 0.25) is 0 Å². The zero-order valence-electron chi connectivity index (χ0n) is 20.8. The first-order chi connectivity index (χ1) is 17.5. The van der Waals surface area contributed by atoms with Gasteiger partial charge in [0.25, 0.3) is 0 Å². The third kappa shape index (κ3) is 8.10. The number of ether oxygens (including phenoxy) is 4. The Labute approximate surface area is 212 Å². The second kappa shape index (κ2) is 13.9. The third-order valence-corrected chi connectivity index (χ3v) is 5.54. The van der Waals surface area contributed by atoms with Crippen LogP contribution in [0.15, 0.2) is 85.5 Å². The van der Waals surface area contributed by atoms with Crippen LogP contribution in [0, 0.1) is 5.92 Å². The fourth-order valence-corrected chi connectivity index (χ4v) is 3.17. The van der Waals surface area contributed by atoms with Crippen molar-refractivity contribution in [2.75, 3.05) is 26.4 Å². The van der Waals surface area contributed by atoms with Gasteiger partial charge in [-0.2, -0.15) is 0 Å². The van der Waals surface area contributed by atoms with Crippen LogP contribution < -0.4 is 9.47 Å². The minimum Gasteiger partial charge on any atom is -0.491 e. The summed E-state index contributed by atoms with van der Waals surface area (Å²) in [7, 11) is 0. The molecule has 6 nitrogen and oxygen atoms in total. The van der Waals surface area contributed by atoms with E-state index in [2.05, 4.69) is 6.58 Å². The van der Waals surface area contributed by atoms with E-state index in [1.54, 1.807) is 42.5 Å². The number of carbonyl (C=O) groups is 2. The van der Waals surface area contributed by atoms with E-state index in [-0.39, 0.29) is 5.97 Å². The molecule has 0 fully saturated rings. The minimum atomic E-state index is -0.476. The highest BCUT2D eigenvalue weighted by molar-refractivity contribution is 5.92. The first-order valence-corrected chi connectivity index (χ1v) is 12.0. The normalized spacial score (nSPS) is 11.4. The summed E-state index contributed by atoms with van der Waals surface area (Å²) in [5, 5.41) is 0. The molecule has 0 saturated heterocycles. The van der Waals surface area contributed by atoms with Crippen molar-refractivity contribution in [1.29, 1.82) is 0 Å². The van der Waals surface area contributed by atoms with E-state index in [9.17, 15) is 9.59 Å². The zero-order valence-corrected chi connectivity index (χ0v) is 20.8. The van der Waals surface area contributed by atoms with Gasteiger partial charge in [0.1, 0.15) is 18.1 Å². The Morgan fingerprint density at radius 2 is 1.36 bits per heavy atom. The third-order valence-electron chi connectivity index (χ3n) is 5.54. The fourth-order valence-electron chi connectivity index (χ4n) is 3.17. The number of hydrogen-bond acceptors (Lipinski definition) is 6. The maximum Gasteiger partial charge on any atom is 0.343 e. The number of rotatable bonds is 13. The van der Waals surface area contributed by atoms with Crippen LogP contribution in [-0.4, -0.2) is 38.4 Å². The molecule has 0 aromatic heterocycles. The van der Waals surface area contributed by atoms with Gasteiger partial charge in [-0.15, -0.1) is 6.58 Å². The van der Waals surface area contributed by atoms with Gasteiger partial charge in [-0.1, -0.05) is 50.6 Å². The lowest BCUT2D eigenvalue weighted by Gasteiger charge is -2.10. The van der Waals surface area contributed by atoms with Crippen LogP contribution >= 0.6 is 0 Å². The summed E-state index contributed by atoms with van der Waals surface area (Å²) < 4.78 is 21.7. The molecule has 0 spiro atoms. The molecule has 0 bridgehead atoms. The van der Waals surface area contributed by atoms with Crippen molar-refractivity contribution < 1.29 is 28.5 Å². The van der Waals surface area contributed by atoms with Gasteiger partial charge in [0.15, 0.2) is 0 Å². The molecule has 3 aromatic rings. The highest BCUT2D eigenvalue weighted by Gasteiger charge is 2.12. The van der Waals surface area contributed by atoms with Gasteiger partial charge in [-0.05, 0) is 65.6 Å². The molecule has 0 N–H and O–H groups in total. The van der Waals surface area contributed by atoms with Crippen molar-refractivity contribution in [3.05, 3.63) is 96.6 Å². The number of benzene rings is 3. The predicted molar refractivity (Wildman–Crippen MR) is 140 cm³/mol. The highest BCUT2D eigenvalue weighted by atomic mass is 16.5. The summed E-state index contributed by atoms with van der Waals surface area (Å²) >= 11 is 0. The van der Waals surface area contributed by atoms with E-state index in [4.69, 9.17) is 18.9 Å². The van der Waals surface area contributed by atoms with Gasteiger partial charge in [-0.3, -0.25) is 0 Å². The largest absolute Gasteiger partial charge is 0.491 e. The predicted octanol–water partition coefficient (Wildman–Crippen LogP) is 6.36. The number of hydrogen-bond donors (Lipinski definition) is 0. The van der Waals surface area contributed by atoms with Crippen molar-refractivity contribution in [2.45, 2.75) is 20.3 Å². The molecular formula is C30H32O6. The van der Waals surface area contributed by atoms with Crippen LogP contribution in [-0.2, 0) is 9.47 Å². The molecule has 0 heterocycles. The quantitative estimate of drug-likeness (QED) is 0.121. The maximum atomic E-state index is 12.6. The van der Waals surface area contributed by atoms with Gasteiger partial charge in [-0.25, -0.2) is 9.59 Å². The van der Waals surface area contributed by atoms with Crippen molar-refractivity contribution in [1.82, 2.24) is 0 Å². The molecule has 188 valence electrons. The smallest absolute Gasteiger partial charge is 0.343 e. The summed E-state index contributed by atoms with van der Waals surface area (Å²) in [4.78, 5) is 24.7. The first-order valence-electron chi connectivity index (χ1n) is 12.0. The van der Waals surface area contributed by atoms with Crippen LogP contribution in [0.4, 0.5) is 0 Å². The second-order valence-corrected chi connectivity index (χ2v) is 8.34. The average Bonchev–Trinajstić information content (AvgIpc) is 2.92. The van der Waals surface area contributed by atoms with Gasteiger partial charge < -0.3 is 18.9 Å². The Morgan fingerprint density at radius 1 is 0.806 bits per heavy atom. The first kappa shape index (κ1) is 26.7. The lowest BCUT2D eigenvalue weighted by atomic mass is 10.0. The molecule has 1 atom stereocenters. The van der Waals surface area contributed by atoms with E-state index in [1.807, 2.05) is 50.2 Å². The van der Waals surface area contributed by atoms with Crippen molar-refractivity contribution in [3.8, 4) is 22.6 Å². The van der Waals surface area contributed by atoms with Crippen LogP contribution in [0.5, 0.6) is 11.5 Å². The summed E-state index contributed by atoms with van der Waals surface area (Å²) in [6.45, 7) is 9.53. The average molecular weight is 489 g/mol. The second-order valence-electron chi connectivity index (χ2n) is 8.34. The molecule has 0 saturated carbocycles. The number of carbonyl (C=O) groups excluding carboxylic acids is 2. The summed E-state index contributed by atoms with van der Waals surface area (Å²) in [6, 6.07) is 21.2. The van der Waals surface area contributed by atoms with E-state index in [1.165, 1.54) is 0 Å². The molecule has 0 aliphatic carbocycles. The van der Waals surface area contributed by atoms with Crippen LogP contribution in [0.1, 0.15) is 41.0 Å². The van der Waals surface area contributed by atoms with Gasteiger partial charge in [0.05, 0.1) is 30.9 Å². The van der Waals surface area contributed by atoms with Crippen molar-refractivity contribution in [2.24, 2.45) is 5.92 Å². The van der Waals surface area contributed by atoms with Crippen molar-refractivity contribution >= 4 is 11.9 Å². The molecule has 36 heavy (non-hydrogen) atoms. The monoisotopic (exact) mass is 488 g/mol. The Balaban J connectivity index is 1.52. The van der Waals surface area contributed by atoms with E-state index >= 15 is 0 Å². The lowest BCUT2D eigenvalue weighted by molar-refractivity contribution is 0.0447. The molecule has 0 amide bonds. The highest BCUT2D eigenvalue weighted by Crippen LogP contribution is 2.23. The molecule has 0 radical (unpaired) electrons. The molecule has 0 aliphatic heterocycles. The standard InChI is InChI=1S/C30H32O6/c1-4-18-33-19-20-34-27-14-10-24(11-15-27)23-6-8-26(9-7-23)30(32)36-28-16-12-25(13-17-28)29(31)35-21-22(3)5-2/h4,6-17,22H,1,5,18-21H2,2-3H3/t22-/m0/s1. The Bertz CT molecular complexity index is 1120. The lowest BCUT2D eigenvalue weighted by Crippen LogP contribution is -2.12.